The summed E-state index contributed by atoms with van der Waals surface area (Å²) in [5.41, 5.74) is 4.65. The Labute approximate surface area is 227 Å². The molecule has 1 unspecified atom stereocenters. The number of H-pyrrole nitrogens is 1. The Morgan fingerprint density at radius 3 is 2.76 bits per heavy atom. The van der Waals surface area contributed by atoms with E-state index in [0.717, 1.165) is 80.8 Å². The molecule has 0 radical (unpaired) electrons. The molecule has 1 N–H and O–H groups in total. The lowest BCUT2D eigenvalue weighted by molar-refractivity contribution is -0.0203. The highest BCUT2D eigenvalue weighted by Gasteiger charge is 2.33. The van der Waals surface area contributed by atoms with Crippen LogP contribution in [-0.4, -0.2) is 60.4 Å². The maximum atomic E-state index is 13.1. The Kier molecular flexibility index (Phi) is 8.31. The molecule has 2 aliphatic heterocycles. The van der Waals surface area contributed by atoms with E-state index in [0.29, 0.717) is 11.5 Å². The Morgan fingerprint density at radius 2 is 1.97 bits per heavy atom. The molecule has 0 aliphatic carbocycles. The lowest BCUT2D eigenvalue weighted by Crippen LogP contribution is -2.39. The molecular weight excluding hydrogens is 498 g/mol. The number of piperidine rings is 1. The summed E-state index contributed by atoms with van der Waals surface area (Å²) in [4.78, 5) is 6.66. The number of rotatable bonds is 4. The molecule has 3 aromatic rings. The molecule has 206 valence electrons. The molecule has 2 bridgehead atoms. The van der Waals surface area contributed by atoms with Gasteiger partial charge in [-0.1, -0.05) is 12.5 Å². The first kappa shape index (κ1) is 27.0. The van der Waals surface area contributed by atoms with E-state index in [4.69, 9.17) is 14.2 Å². The van der Waals surface area contributed by atoms with Crippen molar-refractivity contribution in [3.05, 3.63) is 53.2 Å². The summed E-state index contributed by atoms with van der Waals surface area (Å²) in [6.07, 6.45) is 10.1. The predicted molar refractivity (Wildman–Crippen MR) is 153 cm³/mol. The molecule has 2 aliphatic rings. The van der Waals surface area contributed by atoms with Crippen molar-refractivity contribution in [1.82, 2.24) is 9.88 Å². The van der Waals surface area contributed by atoms with Gasteiger partial charge in [0.05, 0.1) is 34.4 Å². The van der Waals surface area contributed by atoms with Crippen LogP contribution in [0.3, 0.4) is 0 Å². The van der Waals surface area contributed by atoms with E-state index in [1.807, 2.05) is 18.3 Å². The minimum Gasteiger partial charge on any atom is -0.496 e. The summed E-state index contributed by atoms with van der Waals surface area (Å²) >= 11 is 0. The van der Waals surface area contributed by atoms with E-state index < -0.39 is 9.73 Å². The van der Waals surface area contributed by atoms with Crippen LogP contribution in [0.4, 0.5) is 0 Å². The van der Waals surface area contributed by atoms with Crippen LogP contribution >= 0.6 is 0 Å². The maximum Gasteiger partial charge on any atom is 0.125 e. The molecule has 0 spiro atoms. The predicted octanol–water partition coefficient (Wildman–Crippen LogP) is 6.25. The van der Waals surface area contributed by atoms with Gasteiger partial charge in [-0.15, -0.1) is 0 Å². The molecule has 3 atom stereocenters. The van der Waals surface area contributed by atoms with E-state index in [2.05, 4.69) is 39.4 Å². The third-order valence-corrected chi connectivity index (χ3v) is 9.96. The van der Waals surface area contributed by atoms with E-state index in [-0.39, 0.29) is 12.1 Å². The van der Waals surface area contributed by atoms with E-state index in [1.54, 1.807) is 20.4 Å². The minimum atomic E-state index is -2.47. The summed E-state index contributed by atoms with van der Waals surface area (Å²) in [7, 11) is 0.905. The Balaban J connectivity index is 1.57. The monoisotopic (exact) mass is 539 g/mol. The van der Waals surface area contributed by atoms with Crippen LogP contribution in [-0.2, 0) is 21.0 Å². The van der Waals surface area contributed by atoms with Gasteiger partial charge in [-0.05, 0) is 68.9 Å². The van der Waals surface area contributed by atoms with E-state index in [1.165, 1.54) is 16.5 Å². The van der Waals surface area contributed by atoms with Gasteiger partial charge in [0.1, 0.15) is 11.5 Å². The second-order valence-corrected chi connectivity index (χ2v) is 13.0. The summed E-state index contributed by atoms with van der Waals surface area (Å²) in [6, 6.07) is 10.4. The number of hydrogen-bond acceptors (Lipinski definition) is 6. The number of aromatic nitrogens is 1. The number of nitrogens with zero attached hydrogens (tertiary/aromatic N) is 2. The molecule has 0 amide bonds. The zero-order chi connectivity index (χ0) is 26.7. The van der Waals surface area contributed by atoms with Crippen molar-refractivity contribution in [2.45, 2.75) is 69.0 Å². The number of aromatic amines is 1. The van der Waals surface area contributed by atoms with Crippen LogP contribution in [0.5, 0.6) is 11.5 Å². The van der Waals surface area contributed by atoms with Gasteiger partial charge < -0.3 is 19.2 Å². The van der Waals surface area contributed by atoms with Crippen LogP contribution in [0.1, 0.15) is 61.3 Å². The zero-order valence-corrected chi connectivity index (χ0v) is 23.9. The summed E-state index contributed by atoms with van der Waals surface area (Å²) in [5, 5.41) is 1.20. The van der Waals surface area contributed by atoms with Crippen molar-refractivity contribution in [2.75, 3.05) is 40.2 Å². The van der Waals surface area contributed by atoms with E-state index in [9.17, 15) is 4.21 Å². The first-order valence-electron chi connectivity index (χ1n) is 13.8. The largest absolute Gasteiger partial charge is 0.496 e. The quantitative estimate of drug-likeness (QED) is 0.424. The van der Waals surface area contributed by atoms with Gasteiger partial charge in [0.15, 0.2) is 0 Å². The number of likely N-dealkylation sites (tertiary alicyclic amines) is 1. The average Bonchev–Trinajstić information content (AvgIpc) is 3.43. The van der Waals surface area contributed by atoms with Gasteiger partial charge in [-0.3, -0.25) is 4.90 Å². The van der Waals surface area contributed by atoms with Crippen molar-refractivity contribution < 1.29 is 18.4 Å². The molecule has 1 aromatic heterocycles. The molecular formula is C30H41N3O4S. The summed E-state index contributed by atoms with van der Waals surface area (Å²) in [6.45, 7) is 5.25. The van der Waals surface area contributed by atoms with Crippen molar-refractivity contribution in [3.63, 3.8) is 0 Å². The number of nitrogens with one attached hydrogen (secondary N) is 1. The normalized spacial score (nSPS) is 22.7. The van der Waals surface area contributed by atoms with Gasteiger partial charge in [-0.2, -0.15) is 0 Å². The van der Waals surface area contributed by atoms with E-state index >= 15 is 0 Å². The average molecular weight is 540 g/mol. The molecule has 8 heteroatoms. The number of benzene rings is 2. The summed E-state index contributed by atoms with van der Waals surface area (Å²) < 4.78 is 36.0. The SMILES string of the molecule is CN=S(C)(=O)c1ccc2c(c1)OCCCCCCO[C@H]1CCN(Cc3c(OC)cc(C)c4[nH]ccc34)[C@H]2C1. The van der Waals surface area contributed by atoms with Gasteiger partial charge in [0.25, 0.3) is 0 Å². The van der Waals surface area contributed by atoms with Gasteiger partial charge >= 0.3 is 0 Å². The van der Waals surface area contributed by atoms with Crippen molar-refractivity contribution in [1.29, 1.82) is 0 Å². The minimum absolute atomic E-state index is 0.102. The third-order valence-electron chi connectivity index (χ3n) is 8.14. The van der Waals surface area contributed by atoms with Crippen molar-refractivity contribution in [2.24, 2.45) is 4.36 Å². The van der Waals surface area contributed by atoms with Crippen LogP contribution in [0.25, 0.3) is 10.9 Å². The fourth-order valence-corrected chi connectivity index (χ4v) is 6.73. The van der Waals surface area contributed by atoms with Crippen molar-refractivity contribution >= 4 is 20.6 Å². The summed E-state index contributed by atoms with van der Waals surface area (Å²) in [5.74, 6) is 1.73. The Hall–Kier alpha value is -2.55. The first-order valence-corrected chi connectivity index (χ1v) is 15.7. The maximum absolute atomic E-state index is 13.1. The van der Waals surface area contributed by atoms with Gasteiger partial charge in [0.2, 0.25) is 0 Å². The van der Waals surface area contributed by atoms with Gasteiger partial charge in [-0.25, -0.2) is 8.57 Å². The molecule has 1 saturated heterocycles. The fourth-order valence-electron chi connectivity index (χ4n) is 5.88. The smallest absolute Gasteiger partial charge is 0.125 e. The molecule has 38 heavy (non-hydrogen) atoms. The number of fused-ring (bicyclic) bond motifs is 5. The Bertz CT molecular complexity index is 1390. The molecule has 7 nitrogen and oxygen atoms in total. The van der Waals surface area contributed by atoms with Crippen LogP contribution in [0.2, 0.25) is 0 Å². The van der Waals surface area contributed by atoms with Crippen LogP contribution in [0, 0.1) is 6.92 Å². The van der Waals surface area contributed by atoms with Crippen LogP contribution < -0.4 is 9.47 Å². The fraction of sp³-hybridized carbons (Fsp3) is 0.533. The molecule has 1 fully saturated rings. The second kappa shape index (κ2) is 11.7. The molecule has 3 heterocycles. The number of aryl methyl sites for hydroxylation is 1. The Morgan fingerprint density at radius 1 is 1.16 bits per heavy atom. The third kappa shape index (κ3) is 5.58. The molecule has 2 aromatic carbocycles. The lowest BCUT2D eigenvalue weighted by Gasteiger charge is -2.40. The molecule has 5 rings (SSSR count). The van der Waals surface area contributed by atoms with Gasteiger partial charge in [0, 0.05) is 67.3 Å². The van der Waals surface area contributed by atoms with Crippen molar-refractivity contribution in [3.8, 4) is 11.5 Å². The van der Waals surface area contributed by atoms with Crippen LogP contribution in [0.15, 0.2) is 45.8 Å². The first-order chi connectivity index (χ1) is 18.4. The lowest BCUT2D eigenvalue weighted by atomic mass is 9.91. The standard InChI is InChI=1S/C30H41N3O4S/c1-21-17-28(35-3)26(24-11-13-32-30(21)24)20-33-14-12-22-18-27(33)25-10-9-23(38(4,34)31-2)19-29(25)37-16-8-6-5-7-15-36-22/h9-11,13,17,19,22,27,32H,5-8,12,14-16,18,20H2,1-4H3/t22-,27-,38?/m0/s1. The topological polar surface area (TPSA) is 76.2 Å². The number of hydrogen-bond donors (Lipinski definition) is 1. The second-order valence-electron chi connectivity index (χ2n) is 10.6. The number of methoxy groups -OCH3 is 1. The highest BCUT2D eigenvalue weighted by molar-refractivity contribution is 7.93. The highest BCUT2D eigenvalue weighted by Crippen LogP contribution is 2.41. The highest BCUT2D eigenvalue weighted by atomic mass is 32.2. The zero-order valence-electron chi connectivity index (χ0n) is 23.1. The number of ether oxygens (including phenoxy) is 3. The molecule has 0 saturated carbocycles.